The van der Waals surface area contributed by atoms with E-state index in [-0.39, 0.29) is 0 Å². The van der Waals surface area contributed by atoms with Crippen molar-refractivity contribution < 1.29 is 0 Å². The number of nitrogens with one attached hydrogen (secondary N) is 1. The van der Waals surface area contributed by atoms with Gasteiger partial charge in [0.25, 0.3) is 0 Å². The maximum Gasteiger partial charge on any atom is 0.222 e. The van der Waals surface area contributed by atoms with Gasteiger partial charge >= 0.3 is 0 Å². The van der Waals surface area contributed by atoms with Crippen LogP contribution in [0.4, 0.5) is 5.95 Å². The Bertz CT molecular complexity index is 848. The van der Waals surface area contributed by atoms with Gasteiger partial charge in [-0.3, -0.25) is 4.90 Å². The van der Waals surface area contributed by atoms with Gasteiger partial charge in [0.1, 0.15) is 5.82 Å². The molecule has 3 aromatic rings. The average Bonchev–Trinajstić information content (AvgIpc) is 3.02. The number of benzene rings is 1. The summed E-state index contributed by atoms with van der Waals surface area (Å²) in [6.45, 7) is 6.68. The molecule has 2 aromatic heterocycles. The zero-order valence-corrected chi connectivity index (χ0v) is 16.4. The highest BCUT2D eigenvalue weighted by Crippen LogP contribution is 2.13. The number of nitrogens with zero attached hydrogens (tertiary/aromatic N) is 6. The highest BCUT2D eigenvalue weighted by Gasteiger charge is 2.18. The summed E-state index contributed by atoms with van der Waals surface area (Å²) < 4.78 is 2.08. The third-order valence-electron chi connectivity index (χ3n) is 4.92. The molecule has 146 valence electrons. The van der Waals surface area contributed by atoms with Crippen LogP contribution in [0.15, 0.2) is 42.7 Å². The molecule has 1 aliphatic heterocycles. The molecule has 1 aromatic carbocycles. The number of anilines is 1. The first-order chi connectivity index (χ1) is 13.8. The van der Waals surface area contributed by atoms with Crippen LogP contribution in [-0.4, -0.2) is 49.3 Å². The van der Waals surface area contributed by atoms with Crippen LogP contribution in [0.5, 0.6) is 0 Å². The SMILES string of the molecule is CCCNc1ncc(CN2CCc3nc(Cc4ccccc4)nn3CC2)cn1. The van der Waals surface area contributed by atoms with E-state index >= 15 is 0 Å². The molecule has 4 rings (SSSR count). The lowest BCUT2D eigenvalue weighted by Gasteiger charge is -2.19. The molecule has 3 heterocycles. The topological polar surface area (TPSA) is 71.8 Å². The number of fused-ring (bicyclic) bond motifs is 1. The molecule has 0 aliphatic carbocycles. The van der Waals surface area contributed by atoms with Crippen molar-refractivity contribution in [1.82, 2.24) is 29.6 Å². The lowest BCUT2D eigenvalue weighted by Crippen LogP contribution is -2.27. The molecule has 0 unspecified atom stereocenters. The highest BCUT2D eigenvalue weighted by atomic mass is 15.4. The monoisotopic (exact) mass is 377 g/mol. The third kappa shape index (κ3) is 4.72. The summed E-state index contributed by atoms with van der Waals surface area (Å²) in [7, 11) is 0. The second-order valence-electron chi connectivity index (χ2n) is 7.20. The van der Waals surface area contributed by atoms with Gasteiger partial charge in [0.2, 0.25) is 5.95 Å². The second kappa shape index (κ2) is 8.93. The lowest BCUT2D eigenvalue weighted by molar-refractivity contribution is 0.268. The predicted molar refractivity (Wildman–Crippen MR) is 109 cm³/mol. The summed E-state index contributed by atoms with van der Waals surface area (Å²) in [6.07, 6.45) is 6.61. The van der Waals surface area contributed by atoms with Crippen molar-refractivity contribution in [3.8, 4) is 0 Å². The van der Waals surface area contributed by atoms with Gasteiger partial charge in [-0.1, -0.05) is 37.3 Å². The first kappa shape index (κ1) is 18.6. The van der Waals surface area contributed by atoms with Gasteiger partial charge in [-0.05, 0) is 12.0 Å². The minimum Gasteiger partial charge on any atom is -0.354 e. The van der Waals surface area contributed by atoms with Crippen LogP contribution in [0, 0.1) is 0 Å². The van der Waals surface area contributed by atoms with Crippen molar-refractivity contribution >= 4 is 5.95 Å². The largest absolute Gasteiger partial charge is 0.354 e. The van der Waals surface area contributed by atoms with Gasteiger partial charge in [-0.2, -0.15) is 5.10 Å². The smallest absolute Gasteiger partial charge is 0.222 e. The van der Waals surface area contributed by atoms with Gasteiger partial charge in [0, 0.05) is 57.0 Å². The Balaban J connectivity index is 1.33. The molecule has 1 aliphatic rings. The maximum atomic E-state index is 4.78. The van der Waals surface area contributed by atoms with E-state index in [2.05, 4.69) is 56.1 Å². The molecule has 0 atom stereocenters. The summed E-state index contributed by atoms with van der Waals surface area (Å²) in [5.41, 5.74) is 2.39. The number of aromatic nitrogens is 5. The van der Waals surface area contributed by atoms with Gasteiger partial charge in [-0.15, -0.1) is 0 Å². The van der Waals surface area contributed by atoms with E-state index in [1.54, 1.807) is 0 Å². The van der Waals surface area contributed by atoms with E-state index in [1.165, 1.54) is 5.56 Å². The van der Waals surface area contributed by atoms with E-state index in [9.17, 15) is 0 Å². The molecular weight excluding hydrogens is 350 g/mol. The minimum atomic E-state index is 0.705. The van der Waals surface area contributed by atoms with E-state index in [0.717, 1.165) is 69.2 Å². The van der Waals surface area contributed by atoms with E-state index < -0.39 is 0 Å². The number of hydrogen-bond donors (Lipinski definition) is 1. The number of hydrogen-bond acceptors (Lipinski definition) is 6. The molecule has 0 amide bonds. The first-order valence-corrected chi connectivity index (χ1v) is 10.0. The van der Waals surface area contributed by atoms with Crippen LogP contribution >= 0.6 is 0 Å². The van der Waals surface area contributed by atoms with Crippen molar-refractivity contribution in [1.29, 1.82) is 0 Å². The molecule has 28 heavy (non-hydrogen) atoms. The van der Waals surface area contributed by atoms with Crippen LogP contribution in [0.1, 0.15) is 36.1 Å². The summed E-state index contributed by atoms with van der Waals surface area (Å²) >= 11 is 0. The molecule has 7 heteroatoms. The lowest BCUT2D eigenvalue weighted by atomic mass is 10.1. The first-order valence-electron chi connectivity index (χ1n) is 10.0. The Morgan fingerprint density at radius 1 is 1.00 bits per heavy atom. The van der Waals surface area contributed by atoms with E-state index in [0.29, 0.717) is 5.95 Å². The van der Waals surface area contributed by atoms with Crippen LogP contribution in [0.2, 0.25) is 0 Å². The Morgan fingerprint density at radius 2 is 1.82 bits per heavy atom. The standard InChI is InChI=1S/C21H27N7/c1-2-9-22-21-23-14-18(15-24-21)16-27-10-8-20-25-19(26-28(20)12-11-27)13-17-6-4-3-5-7-17/h3-7,14-15H,2,8-13,16H2,1H3,(H,22,23,24). The van der Waals surface area contributed by atoms with Crippen molar-refractivity contribution in [2.45, 2.75) is 39.3 Å². The fraction of sp³-hybridized carbons (Fsp3) is 0.429. The predicted octanol–water partition coefficient (Wildman–Crippen LogP) is 2.54. The molecule has 0 saturated carbocycles. The summed E-state index contributed by atoms with van der Waals surface area (Å²) in [5.74, 6) is 2.71. The summed E-state index contributed by atoms with van der Waals surface area (Å²) in [5, 5.41) is 7.94. The fourth-order valence-electron chi connectivity index (χ4n) is 3.43. The molecule has 0 saturated heterocycles. The molecule has 0 spiro atoms. The van der Waals surface area contributed by atoms with Gasteiger partial charge < -0.3 is 5.32 Å². The quantitative estimate of drug-likeness (QED) is 0.682. The van der Waals surface area contributed by atoms with Crippen molar-refractivity contribution in [2.24, 2.45) is 0 Å². The van der Waals surface area contributed by atoms with E-state index in [1.807, 2.05) is 18.5 Å². The molecule has 0 bridgehead atoms. The Hall–Kier alpha value is -2.80. The molecular formula is C21H27N7. The zero-order chi connectivity index (χ0) is 19.2. The zero-order valence-electron chi connectivity index (χ0n) is 16.4. The highest BCUT2D eigenvalue weighted by molar-refractivity contribution is 5.24. The van der Waals surface area contributed by atoms with Gasteiger partial charge in [0.05, 0.1) is 6.54 Å². The second-order valence-corrected chi connectivity index (χ2v) is 7.20. The van der Waals surface area contributed by atoms with Crippen LogP contribution in [-0.2, 0) is 25.9 Å². The summed E-state index contributed by atoms with van der Waals surface area (Å²) in [6, 6.07) is 10.4. The van der Waals surface area contributed by atoms with Gasteiger partial charge in [-0.25, -0.2) is 19.6 Å². The van der Waals surface area contributed by atoms with Crippen molar-refractivity contribution in [3.05, 3.63) is 65.5 Å². The summed E-state index contributed by atoms with van der Waals surface area (Å²) in [4.78, 5) is 16.0. The van der Waals surface area contributed by atoms with E-state index in [4.69, 9.17) is 10.1 Å². The minimum absolute atomic E-state index is 0.705. The number of rotatable bonds is 7. The third-order valence-corrected chi connectivity index (χ3v) is 4.92. The normalized spacial score (nSPS) is 14.5. The van der Waals surface area contributed by atoms with Crippen LogP contribution in [0.3, 0.4) is 0 Å². The van der Waals surface area contributed by atoms with Crippen LogP contribution in [0.25, 0.3) is 0 Å². The Kier molecular flexibility index (Phi) is 5.92. The molecule has 0 fully saturated rings. The molecule has 7 nitrogen and oxygen atoms in total. The fourth-order valence-corrected chi connectivity index (χ4v) is 3.43. The van der Waals surface area contributed by atoms with Gasteiger partial charge in [0.15, 0.2) is 5.82 Å². The molecule has 0 radical (unpaired) electrons. The van der Waals surface area contributed by atoms with Crippen molar-refractivity contribution in [2.75, 3.05) is 25.0 Å². The Labute approximate surface area is 165 Å². The maximum absolute atomic E-state index is 4.78. The average molecular weight is 377 g/mol. The molecule has 1 N–H and O–H groups in total. The van der Waals surface area contributed by atoms with Crippen molar-refractivity contribution in [3.63, 3.8) is 0 Å². The Morgan fingerprint density at radius 3 is 2.61 bits per heavy atom. The van der Waals surface area contributed by atoms with Crippen LogP contribution < -0.4 is 5.32 Å².